The van der Waals surface area contributed by atoms with Gasteiger partial charge in [0.1, 0.15) is 11.6 Å². The Balaban J connectivity index is 1.72. The van der Waals surface area contributed by atoms with Crippen molar-refractivity contribution < 1.29 is 9.18 Å². The van der Waals surface area contributed by atoms with Gasteiger partial charge >= 0.3 is 0 Å². The number of aromatic nitrogens is 5. The van der Waals surface area contributed by atoms with E-state index in [2.05, 4.69) is 20.3 Å². The number of hydrogen-bond donors (Lipinski definition) is 1. The van der Waals surface area contributed by atoms with Crippen LogP contribution in [0.25, 0.3) is 11.2 Å². The van der Waals surface area contributed by atoms with Crippen LogP contribution in [0.2, 0.25) is 0 Å². The molecule has 1 atom stereocenters. The van der Waals surface area contributed by atoms with Crippen LogP contribution in [-0.4, -0.2) is 44.0 Å². The van der Waals surface area contributed by atoms with Gasteiger partial charge in [0.25, 0.3) is 0 Å². The molecule has 1 aliphatic rings. The summed E-state index contributed by atoms with van der Waals surface area (Å²) >= 11 is 0. The topological polar surface area (TPSA) is 103 Å². The lowest BCUT2D eigenvalue weighted by molar-refractivity contribution is -0.122. The van der Waals surface area contributed by atoms with Gasteiger partial charge in [-0.25, -0.2) is 19.0 Å². The van der Waals surface area contributed by atoms with Crippen LogP contribution in [0, 0.1) is 18.7 Å². The highest BCUT2D eigenvalue weighted by Gasteiger charge is 2.27. The monoisotopic (exact) mass is 369 g/mol. The van der Waals surface area contributed by atoms with Crippen molar-refractivity contribution in [1.82, 2.24) is 25.0 Å². The van der Waals surface area contributed by atoms with E-state index in [-0.39, 0.29) is 24.2 Å². The van der Waals surface area contributed by atoms with Crippen LogP contribution in [0.3, 0.4) is 0 Å². The third-order valence-corrected chi connectivity index (χ3v) is 4.86. The van der Waals surface area contributed by atoms with Crippen molar-refractivity contribution in [3.05, 3.63) is 41.5 Å². The van der Waals surface area contributed by atoms with Crippen LogP contribution in [0.5, 0.6) is 0 Å². The maximum Gasteiger partial charge on any atom is 0.222 e. The van der Waals surface area contributed by atoms with Crippen molar-refractivity contribution in [2.45, 2.75) is 26.3 Å². The number of amides is 1. The fraction of sp³-hybridized carbons (Fsp3) is 0.389. The Morgan fingerprint density at radius 2 is 2.15 bits per heavy atom. The number of hydrogen-bond acceptors (Lipinski definition) is 6. The zero-order chi connectivity index (χ0) is 19.0. The van der Waals surface area contributed by atoms with Crippen molar-refractivity contribution in [3.63, 3.8) is 0 Å². The molecule has 1 aromatic carbocycles. The molecule has 2 aromatic heterocycles. The van der Waals surface area contributed by atoms with Crippen molar-refractivity contribution in [1.29, 1.82) is 0 Å². The highest BCUT2D eigenvalue weighted by Crippen LogP contribution is 2.27. The summed E-state index contributed by atoms with van der Waals surface area (Å²) in [7, 11) is 0. The summed E-state index contributed by atoms with van der Waals surface area (Å²) in [5, 5.41) is 8.40. The fourth-order valence-electron chi connectivity index (χ4n) is 3.46. The van der Waals surface area contributed by atoms with Crippen molar-refractivity contribution >= 4 is 22.9 Å². The lowest BCUT2D eigenvalue weighted by Crippen LogP contribution is -2.41. The first-order chi connectivity index (χ1) is 13.0. The summed E-state index contributed by atoms with van der Waals surface area (Å²) in [6.07, 6.45) is 1.63. The molecule has 3 aromatic rings. The first-order valence-corrected chi connectivity index (χ1v) is 8.88. The fourth-order valence-corrected chi connectivity index (χ4v) is 3.46. The minimum atomic E-state index is -0.301. The molecule has 2 N–H and O–H groups in total. The molecule has 0 bridgehead atoms. The van der Waals surface area contributed by atoms with Crippen molar-refractivity contribution in [3.8, 4) is 0 Å². The minimum Gasteiger partial charge on any atom is -0.369 e. The largest absolute Gasteiger partial charge is 0.369 e. The van der Waals surface area contributed by atoms with Gasteiger partial charge in [0.15, 0.2) is 17.0 Å². The molecule has 0 unspecified atom stereocenters. The summed E-state index contributed by atoms with van der Waals surface area (Å²) in [6.45, 7) is 3.28. The molecule has 0 spiro atoms. The molecule has 9 heteroatoms. The number of halogens is 1. The number of benzene rings is 1. The van der Waals surface area contributed by atoms with Crippen LogP contribution < -0.4 is 10.6 Å². The maximum atomic E-state index is 14.0. The Kier molecular flexibility index (Phi) is 4.43. The van der Waals surface area contributed by atoms with Crippen LogP contribution in [0.1, 0.15) is 24.2 Å². The predicted octanol–water partition coefficient (Wildman–Crippen LogP) is 1.42. The molecule has 3 heterocycles. The van der Waals surface area contributed by atoms with Gasteiger partial charge in [-0.2, -0.15) is 0 Å². The highest BCUT2D eigenvalue weighted by molar-refractivity contribution is 5.84. The molecule has 8 nitrogen and oxygen atoms in total. The van der Waals surface area contributed by atoms with Gasteiger partial charge in [0.2, 0.25) is 5.91 Å². The number of anilines is 1. The summed E-state index contributed by atoms with van der Waals surface area (Å²) in [5.41, 5.74) is 7.08. The van der Waals surface area contributed by atoms with Crippen LogP contribution in [0.4, 0.5) is 10.2 Å². The third kappa shape index (κ3) is 3.32. The summed E-state index contributed by atoms with van der Waals surface area (Å²) in [4.78, 5) is 22.6. The first-order valence-electron chi connectivity index (χ1n) is 8.88. The Morgan fingerprint density at radius 3 is 2.93 bits per heavy atom. The van der Waals surface area contributed by atoms with Gasteiger partial charge in [0.05, 0.1) is 12.5 Å². The van der Waals surface area contributed by atoms with E-state index in [4.69, 9.17) is 5.73 Å². The molecule has 4 rings (SSSR count). The van der Waals surface area contributed by atoms with Gasteiger partial charge in [-0.1, -0.05) is 23.4 Å². The molecule has 1 aliphatic heterocycles. The first kappa shape index (κ1) is 17.3. The van der Waals surface area contributed by atoms with E-state index < -0.39 is 0 Å². The Labute approximate surface area is 155 Å². The lowest BCUT2D eigenvalue weighted by atomic mass is 9.97. The van der Waals surface area contributed by atoms with Gasteiger partial charge < -0.3 is 10.6 Å². The smallest absolute Gasteiger partial charge is 0.222 e. The number of carbonyl (C=O) groups is 1. The number of nitrogens with zero attached hydrogens (tertiary/aromatic N) is 6. The normalized spacial score (nSPS) is 17.4. The summed E-state index contributed by atoms with van der Waals surface area (Å²) < 4.78 is 15.6. The standard InChI is InChI=1S/C18H20FN7O/c1-11-21-17(25-8-4-6-13(9-25)16(20)27)15-18(22-11)26(24-23-15)10-12-5-2-3-7-14(12)19/h2-3,5,7,13H,4,6,8-10H2,1H3,(H2,20,27)/t13-/m0/s1. The SMILES string of the molecule is Cc1nc(N2CCC[C@H](C(N)=O)C2)c2nnn(Cc3ccccc3F)c2n1. The lowest BCUT2D eigenvalue weighted by Gasteiger charge is -2.32. The highest BCUT2D eigenvalue weighted by atomic mass is 19.1. The molecule has 27 heavy (non-hydrogen) atoms. The van der Waals surface area contributed by atoms with E-state index >= 15 is 0 Å². The van der Waals surface area contributed by atoms with E-state index in [1.807, 2.05) is 4.90 Å². The number of aryl methyl sites for hydroxylation is 1. The van der Waals surface area contributed by atoms with Gasteiger partial charge in [-0.05, 0) is 25.8 Å². The molecule has 0 aliphatic carbocycles. The van der Waals surface area contributed by atoms with E-state index in [0.717, 1.165) is 19.4 Å². The van der Waals surface area contributed by atoms with E-state index in [1.54, 1.807) is 29.8 Å². The average molecular weight is 369 g/mol. The number of carbonyl (C=O) groups excluding carboxylic acids is 1. The Hall–Kier alpha value is -3.10. The number of nitrogens with two attached hydrogens (primary N) is 1. The molecular formula is C18H20FN7O. The third-order valence-electron chi connectivity index (χ3n) is 4.86. The zero-order valence-corrected chi connectivity index (χ0v) is 15.0. The number of fused-ring (bicyclic) bond motifs is 1. The van der Waals surface area contributed by atoms with Crippen LogP contribution in [0.15, 0.2) is 24.3 Å². The second-order valence-corrected chi connectivity index (χ2v) is 6.79. The van der Waals surface area contributed by atoms with E-state index in [1.165, 1.54) is 6.07 Å². The Morgan fingerprint density at radius 1 is 1.33 bits per heavy atom. The predicted molar refractivity (Wildman–Crippen MR) is 97.5 cm³/mol. The van der Waals surface area contributed by atoms with Crippen LogP contribution >= 0.6 is 0 Å². The van der Waals surface area contributed by atoms with Crippen LogP contribution in [-0.2, 0) is 11.3 Å². The van der Waals surface area contributed by atoms with Gasteiger partial charge in [-0.3, -0.25) is 4.79 Å². The van der Waals surface area contributed by atoms with E-state index in [0.29, 0.717) is 34.9 Å². The number of primary amides is 1. The Bertz CT molecular complexity index is 1000. The molecule has 1 fully saturated rings. The number of piperidine rings is 1. The molecule has 0 radical (unpaired) electrons. The average Bonchev–Trinajstić information content (AvgIpc) is 3.05. The van der Waals surface area contributed by atoms with Crippen molar-refractivity contribution in [2.24, 2.45) is 11.7 Å². The maximum absolute atomic E-state index is 14.0. The summed E-state index contributed by atoms with van der Waals surface area (Å²) in [5.74, 6) is 0.397. The molecule has 0 saturated carbocycles. The van der Waals surface area contributed by atoms with Gasteiger partial charge in [-0.15, -0.1) is 5.10 Å². The second kappa shape index (κ2) is 6.90. The molecule has 140 valence electrons. The minimum absolute atomic E-state index is 0.211. The van der Waals surface area contributed by atoms with Gasteiger partial charge in [0, 0.05) is 18.7 Å². The number of rotatable bonds is 4. The van der Waals surface area contributed by atoms with Crippen molar-refractivity contribution in [2.75, 3.05) is 18.0 Å². The quantitative estimate of drug-likeness (QED) is 0.746. The zero-order valence-electron chi connectivity index (χ0n) is 15.0. The second-order valence-electron chi connectivity index (χ2n) is 6.79. The van der Waals surface area contributed by atoms with E-state index in [9.17, 15) is 9.18 Å². The summed E-state index contributed by atoms with van der Waals surface area (Å²) in [6, 6.07) is 6.55. The molecular weight excluding hydrogens is 349 g/mol. The molecule has 1 amide bonds. The molecule has 1 saturated heterocycles.